The molecule has 1 aromatic heterocycles. The van der Waals surface area contributed by atoms with Crippen LogP contribution in [0.1, 0.15) is 25.0 Å². The lowest BCUT2D eigenvalue weighted by atomic mass is 10.1. The maximum Gasteiger partial charge on any atom is 0.385 e. The number of rotatable bonds is 10. The maximum absolute atomic E-state index is 13.4. The van der Waals surface area contributed by atoms with E-state index in [-0.39, 0.29) is 24.5 Å². The molecule has 0 fully saturated rings. The zero-order valence-electron chi connectivity index (χ0n) is 17.7. The summed E-state index contributed by atoms with van der Waals surface area (Å²) in [5.74, 6) is 1.39. The molecule has 0 aliphatic carbocycles. The third-order valence-electron chi connectivity index (χ3n) is 4.38. The number of nitrogens with one attached hydrogen (secondary N) is 1. The summed E-state index contributed by atoms with van der Waals surface area (Å²) in [6.07, 6.45) is 0. The summed E-state index contributed by atoms with van der Waals surface area (Å²) in [6.45, 7) is 6.42. The average molecular weight is 430 g/mol. The van der Waals surface area contributed by atoms with E-state index in [1.807, 2.05) is 55.5 Å². The van der Waals surface area contributed by atoms with Gasteiger partial charge in [0, 0.05) is 12.1 Å². The minimum Gasteiger partial charge on any atom is -0.497 e. The Kier molecular flexibility index (Phi) is 7.32. The van der Waals surface area contributed by atoms with Crippen molar-refractivity contribution in [2.45, 2.75) is 27.3 Å². The normalized spacial score (nSPS) is 11.5. The molecule has 0 unspecified atom stereocenters. The van der Waals surface area contributed by atoms with E-state index >= 15 is 0 Å². The average Bonchev–Trinajstić information content (AvgIpc) is 3.18. The van der Waals surface area contributed by atoms with Crippen molar-refractivity contribution in [3.63, 3.8) is 0 Å². The van der Waals surface area contributed by atoms with Gasteiger partial charge in [0.1, 0.15) is 5.75 Å². The Morgan fingerprint density at radius 2 is 1.63 bits per heavy atom. The summed E-state index contributed by atoms with van der Waals surface area (Å²) in [6, 6.07) is 15.4. The molecule has 0 saturated heterocycles. The number of hydrogen-bond donors (Lipinski definition) is 1. The molecule has 0 bridgehead atoms. The summed E-state index contributed by atoms with van der Waals surface area (Å²) in [4.78, 5) is 4.50. The molecule has 1 heterocycles. The van der Waals surface area contributed by atoms with Crippen LogP contribution in [-0.4, -0.2) is 25.3 Å². The molecule has 0 aliphatic heterocycles. The number of aromatic nitrogens is 1. The monoisotopic (exact) mass is 430 g/mol. The van der Waals surface area contributed by atoms with Crippen LogP contribution in [0, 0.1) is 6.92 Å². The molecule has 30 heavy (non-hydrogen) atoms. The molecular weight excluding hydrogens is 403 g/mol. The first kappa shape index (κ1) is 22.1. The molecule has 0 amide bonds. The summed E-state index contributed by atoms with van der Waals surface area (Å²) < 4.78 is 35.6. The number of ether oxygens (including phenoxy) is 1. The molecule has 0 aliphatic rings. The number of anilines is 1. The predicted octanol–water partition coefficient (Wildman–Crippen LogP) is 5.16. The van der Waals surface area contributed by atoms with Gasteiger partial charge in [-0.3, -0.25) is 4.57 Å². The van der Waals surface area contributed by atoms with Gasteiger partial charge in [0.15, 0.2) is 0 Å². The molecule has 160 valence electrons. The van der Waals surface area contributed by atoms with Gasteiger partial charge >= 0.3 is 7.60 Å². The van der Waals surface area contributed by atoms with Gasteiger partial charge in [-0.15, -0.1) is 0 Å². The Balaban J connectivity index is 1.95. The van der Waals surface area contributed by atoms with Crippen LogP contribution >= 0.6 is 7.60 Å². The fraction of sp³-hybridized carbons (Fsp3) is 0.318. The lowest BCUT2D eigenvalue weighted by molar-refractivity contribution is 0.229. The third kappa shape index (κ3) is 5.11. The van der Waals surface area contributed by atoms with Crippen LogP contribution in [-0.2, 0) is 20.2 Å². The highest BCUT2D eigenvalue weighted by Crippen LogP contribution is 2.49. The summed E-state index contributed by atoms with van der Waals surface area (Å²) >= 11 is 0. The second-order valence-corrected chi connectivity index (χ2v) is 8.51. The minimum absolute atomic E-state index is 0.148. The highest BCUT2D eigenvalue weighted by atomic mass is 31.2. The second kappa shape index (κ2) is 9.94. The number of hydrogen-bond acceptors (Lipinski definition) is 7. The van der Waals surface area contributed by atoms with Gasteiger partial charge < -0.3 is 23.5 Å². The first-order valence-electron chi connectivity index (χ1n) is 9.83. The van der Waals surface area contributed by atoms with Gasteiger partial charge in [0.25, 0.3) is 0 Å². The van der Waals surface area contributed by atoms with Gasteiger partial charge in [-0.2, -0.15) is 4.98 Å². The van der Waals surface area contributed by atoms with Crippen LogP contribution in [0.25, 0.3) is 11.5 Å². The molecule has 0 radical (unpaired) electrons. The van der Waals surface area contributed by atoms with Crippen molar-refractivity contribution in [2.24, 2.45) is 0 Å². The Labute approximate surface area is 176 Å². The SMILES string of the molecule is CCOP(=O)(OCC)c1nc(-c2ccc(C)cc2)oc1NCc1ccc(OC)cc1. The van der Waals surface area contributed by atoms with E-state index in [0.717, 1.165) is 22.4 Å². The first-order valence-corrected chi connectivity index (χ1v) is 11.4. The van der Waals surface area contributed by atoms with Crippen molar-refractivity contribution in [3.05, 3.63) is 59.7 Å². The Morgan fingerprint density at radius 3 is 2.20 bits per heavy atom. The largest absolute Gasteiger partial charge is 0.497 e. The van der Waals surface area contributed by atoms with Crippen LogP contribution < -0.4 is 15.5 Å². The lowest BCUT2D eigenvalue weighted by Crippen LogP contribution is -2.16. The predicted molar refractivity (Wildman–Crippen MR) is 117 cm³/mol. The van der Waals surface area contributed by atoms with E-state index in [1.54, 1.807) is 21.0 Å². The number of benzene rings is 2. The lowest BCUT2D eigenvalue weighted by Gasteiger charge is -2.15. The van der Waals surface area contributed by atoms with Gasteiger partial charge in [-0.1, -0.05) is 29.8 Å². The molecule has 0 atom stereocenters. The first-order chi connectivity index (χ1) is 14.5. The van der Waals surface area contributed by atoms with Crippen LogP contribution in [0.4, 0.5) is 5.88 Å². The second-order valence-electron chi connectivity index (χ2n) is 6.57. The molecule has 7 nitrogen and oxygen atoms in total. The van der Waals surface area contributed by atoms with Crippen LogP contribution in [0.15, 0.2) is 52.9 Å². The molecule has 8 heteroatoms. The summed E-state index contributed by atoms with van der Waals surface area (Å²) in [7, 11) is -2.02. The van der Waals surface area contributed by atoms with Crippen molar-refractivity contribution in [1.29, 1.82) is 0 Å². The summed E-state index contributed by atoms with van der Waals surface area (Å²) in [5, 5.41) is 3.19. The Bertz CT molecular complexity index is 989. The number of methoxy groups -OCH3 is 1. The van der Waals surface area contributed by atoms with E-state index in [4.69, 9.17) is 18.2 Å². The molecule has 3 aromatic rings. The van der Waals surface area contributed by atoms with E-state index in [1.165, 1.54) is 0 Å². The molecular formula is C22H27N2O5P. The van der Waals surface area contributed by atoms with E-state index in [9.17, 15) is 4.57 Å². The fourth-order valence-electron chi connectivity index (χ4n) is 2.86. The van der Waals surface area contributed by atoms with Gasteiger partial charge in [0.2, 0.25) is 17.2 Å². The highest BCUT2D eigenvalue weighted by molar-refractivity contribution is 7.62. The molecule has 2 aromatic carbocycles. The number of aryl methyl sites for hydroxylation is 1. The van der Waals surface area contributed by atoms with Crippen molar-refractivity contribution in [3.8, 4) is 17.2 Å². The topological polar surface area (TPSA) is 82.8 Å². The quantitative estimate of drug-likeness (QED) is 0.445. The maximum atomic E-state index is 13.4. The molecule has 1 N–H and O–H groups in total. The smallest absolute Gasteiger partial charge is 0.385 e. The number of nitrogens with zero attached hydrogens (tertiary/aromatic N) is 1. The van der Waals surface area contributed by atoms with Gasteiger partial charge in [0.05, 0.1) is 20.3 Å². The third-order valence-corrected chi connectivity index (χ3v) is 6.40. The number of oxazole rings is 1. The van der Waals surface area contributed by atoms with Crippen molar-refractivity contribution >= 4 is 18.9 Å². The fourth-order valence-corrected chi connectivity index (χ4v) is 4.44. The Hall–Kier alpha value is -2.60. The summed E-state index contributed by atoms with van der Waals surface area (Å²) in [5.41, 5.74) is 3.05. The van der Waals surface area contributed by atoms with E-state index in [0.29, 0.717) is 12.4 Å². The van der Waals surface area contributed by atoms with E-state index < -0.39 is 7.60 Å². The van der Waals surface area contributed by atoms with Crippen LogP contribution in [0.2, 0.25) is 0 Å². The van der Waals surface area contributed by atoms with E-state index in [2.05, 4.69) is 10.3 Å². The zero-order chi connectivity index (χ0) is 21.6. The van der Waals surface area contributed by atoms with Crippen LogP contribution in [0.3, 0.4) is 0 Å². The Morgan fingerprint density at radius 1 is 1.00 bits per heavy atom. The molecule has 0 saturated carbocycles. The van der Waals surface area contributed by atoms with Gasteiger partial charge in [-0.05, 0) is 50.6 Å². The molecule has 0 spiro atoms. The highest BCUT2D eigenvalue weighted by Gasteiger charge is 2.35. The van der Waals surface area contributed by atoms with Crippen molar-refractivity contribution < 1.29 is 22.8 Å². The molecule has 3 rings (SSSR count). The van der Waals surface area contributed by atoms with Crippen molar-refractivity contribution in [2.75, 3.05) is 25.6 Å². The van der Waals surface area contributed by atoms with Crippen molar-refractivity contribution in [1.82, 2.24) is 4.98 Å². The van der Waals surface area contributed by atoms with Gasteiger partial charge in [-0.25, -0.2) is 0 Å². The minimum atomic E-state index is -3.64. The van der Waals surface area contributed by atoms with Crippen LogP contribution in [0.5, 0.6) is 5.75 Å². The zero-order valence-corrected chi connectivity index (χ0v) is 18.6. The standard InChI is InChI=1S/C22H27N2O5P/c1-5-27-30(25,28-6-2)22-21(23-15-17-9-13-19(26-4)14-10-17)29-20(24-22)18-11-7-16(3)8-12-18/h7-14,23H,5-6,15H2,1-4H3.